The lowest BCUT2D eigenvalue weighted by atomic mass is 10.2. The van der Waals surface area contributed by atoms with E-state index in [0.717, 1.165) is 9.13 Å². The zero-order valence-corrected chi connectivity index (χ0v) is 16.3. The van der Waals surface area contributed by atoms with Crippen LogP contribution in [0.3, 0.4) is 0 Å². The first-order valence-corrected chi connectivity index (χ1v) is 9.28. The third kappa shape index (κ3) is 3.45. The van der Waals surface area contributed by atoms with Crippen molar-refractivity contribution in [3.63, 3.8) is 0 Å². The van der Waals surface area contributed by atoms with Crippen LogP contribution < -0.4 is 5.32 Å². The van der Waals surface area contributed by atoms with Crippen LogP contribution in [-0.4, -0.2) is 10.9 Å². The molecule has 4 aromatic rings. The van der Waals surface area contributed by atoms with Gasteiger partial charge in [-0.15, -0.1) is 0 Å². The van der Waals surface area contributed by atoms with Gasteiger partial charge in [-0.2, -0.15) is 0 Å². The molecule has 4 rings (SSSR count). The summed E-state index contributed by atoms with van der Waals surface area (Å²) in [6.07, 6.45) is 0. The highest BCUT2D eigenvalue weighted by atomic mass is 127. The Hall–Kier alpha value is -2.38. The Labute approximate surface area is 168 Å². The number of hydrogen-bond donors (Lipinski definition) is 1. The minimum absolute atomic E-state index is 0.171. The van der Waals surface area contributed by atoms with E-state index in [1.165, 1.54) is 0 Å². The SMILES string of the molecule is O=C(Nc1ccc2oc(-c3ccccc3Cl)nc2c1)c1ccc(I)cc1. The van der Waals surface area contributed by atoms with Gasteiger partial charge in [-0.05, 0) is 77.2 Å². The molecule has 0 spiro atoms. The zero-order chi connectivity index (χ0) is 18.1. The third-order valence-electron chi connectivity index (χ3n) is 3.86. The van der Waals surface area contributed by atoms with Crippen molar-refractivity contribution in [3.05, 3.63) is 80.9 Å². The molecule has 1 amide bonds. The highest BCUT2D eigenvalue weighted by Gasteiger charge is 2.12. The summed E-state index contributed by atoms with van der Waals surface area (Å²) < 4.78 is 6.86. The minimum atomic E-state index is -0.171. The second kappa shape index (κ2) is 7.09. The summed E-state index contributed by atoms with van der Waals surface area (Å²) in [5, 5.41) is 3.46. The number of carbonyl (C=O) groups excluding carboxylic acids is 1. The molecule has 1 heterocycles. The van der Waals surface area contributed by atoms with Gasteiger partial charge in [0.05, 0.1) is 10.6 Å². The van der Waals surface area contributed by atoms with Crippen LogP contribution in [0.2, 0.25) is 5.02 Å². The molecule has 3 aromatic carbocycles. The number of oxazole rings is 1. The number of aromatic nitrogens is 1. The highest BCUT2D eigenvalue weighted by molar-refractivity contribution is 14.1. The number of anilines is 1. The van der Waals surface area contributed by atoms with E-state index in [0.29, 0.717) is 33.3 Å². The Bertz CT molecular complexity index is 1110. The first kappa shape index (κ1) is 17.1. The van der Waals surface area contributed by atoms with Gasteiger partial charge in [-0.3, -0.25) is 4.79 Å². The Morgan fingerprint density at radius 2 is 1.81 bits per heavy atom. The van der Waals surface area contributed by atoms with Crippen LogP contribution >= 0.6 is 34.2 Å². The lowest BCUT2D eigenvalue weighted by Gasteiger charge is -2.05. The summed E-state index contributed by atoms with van der Waals surface area (Å²) in [5.41, 5.74) is 3.27. The summed E-state index contributed by atoms with van der Waals surface area (Å²) in [5.74, 6) is 0.280. The van der Waals surface area contributed by atoms with E-state index >= 15 is 0 Å². The van der Waals surface area contributed by atoms with Crippen molar-refractivity contribution in [3.8, 4) is 11.5 Å². The molecule has 0 bridgehead atoms. The maximum Gasteiger partial charge on any atom is 0.255 e. The van der Waals surface area contributed by atoms with Gasteiger partial charge in [0.15, 0.2) is 5.58 Å². The molecule has 0 atom stereocenters. The molecule has 6 heteroatoms. The maximum atomic E-state index is 12.4. The Balaban J connectivity index is 1.62. The van der Waals surface area contributed by atoms with E-state index in [4.69, 9.17) is 16.0 Å². The predicted octanol–water partition coefficient (Wildman–Crippen LogP) is 6.01. The molecule has 1 N–H and O–H groups in total. The van der Waals surface area contributed by atoms with Crippen molar-refractivity contribution >= 4 is 56.9 Å². The number of amides is 1. The molecular formula is C20H12ClIN2O2. The predicted molar refractivity (Wildman–Crippen MR) is 112 cm³/mol. The molecule has 0 aliphatic heterocycles. The number of halogens is 2. The summed E-state index contributed by atoms with van der Waals surface area (Å²) in [6.45, 7) is 0. The number of rotatable bonds is 3. The van der Waals surface area contributed by atoms with Crippen molar-refractivity contribution in [1.29, 1.82) is 0 Å². The van der Waals surface area contributed by atoms with Crippen LogP contribution in [0.15, 0.2) is 71.1 Å². The molecule has 0 radical (unpaired) electrons. The molecule has 0 saturated carbocycles. The van der Waals surface area contributed by atoms with Gasteiger partial charge in [-0.25, -0.2) is 4.98 Å². The summed E-state index contributed by atoms with van der Waals surface area (Å²) in [7, 11) is 0. The summed E-state index contributed by atoms with van der Waals surface area (Å²) in [4.78, 5) is 16.9. The largest absolute Gasteiger partial charge is 0.436 e. The molecule has 0 saturated heterocycles. The lowest BCUT2D eigenvalue weighted by molar-refractivity contribution is 0.102. The second-order valence-corrected chi connectivity index (χ2v) is 7.30. The van der Waals surface area contributed by atoms with Crippen LogP contribution in [0.25, 0.3) is 22.6 Å². The normalized spacial score (nSPS) is 10.8. The average Bonchev–Trinajstić information content (AvgIpc) is 3.05. The molecule has 4 nitrogen and oxygen atoms in total. The van der Waals surface area contributed by atoms with Crippen LogP contribution in [-0.2, 0) is 0 Å². The van der Waals surface area contributed by atoms with Crippen LogP contribution in [0, 0.1) is 3.57 Å². The molecule has 0 aliphatic rings. The minimum Gasteiger partial charge on any atom is -0.436 e. The summed E-state index contributed by atoms with van der Waals surface area (Å²) >= 11 is 8.41. The van der Waals surface area contributed by atoms with E-state index in [1.54, 1.807) is 36.4 Å². The number of fused-ring (bicyclic) bond motifs is 1. The number of hydrogen-bond acceptors (Lipinski definition) is 3. The third-order valence-corrected chi connectivity index (χ3v) is 4.90. The monoisotopic (exact) mass is 474 g/mol. The molecule has 0 unspecified atom stereocenters. The fourth-order valence-corrected chi connectivity index (χ4v) is 3.14. The van der Waals surface area contributed by atoms with Crippen molar-refractivity contribution in [2.75, 3.05) is 5.32 Å². The van der Waals surface area contributed by atoms with E-state index in [-0.39, 0.29) is 5.91 Å². The van der Waals surface area contributed by atoms with Crippen LogP contribution in [0.5, 0.6) is 0 Å². The zero-order valence-electron chi connectivity index (χ0n) is 13.4. The average molecular weight is 475 g/mol. The van der Waals surface area contributed by atoms with E-state index in [2.05, 4.69) is 32.9 Å². The molecular weight excluding hydrogens is 463 g/mol. The van der Waals surface area contributed by atoms with Crippen molar-refractivity contribution < 1.29 is 9.21 Å². The topological polar surface area (TPSA) is 55.1 Å². The van der Waals surface area contributed by atoms with Gasteiger partial charge in [0.2, 0.25) is 5.89 Å². The standard InChI is InChI=1S/C20H12ClIN2O2/c21-16-4-2-1-3-15(16)20-24-17-11-14(9-10-18(17)26-20)23-19(25)12-5-7-13(22)8-6-12/h1-11H,(H,23,25). The smallest absolute Gasteiger partial charge is 0.255 e. The number of nitrogens with one attached hydrogen (secondary N) is 1. The van der Waals surface area contributed by atoms with Crippen molar-refractivity contribution in [1.82, 2.24) is 4.98 Å². The number of nitrogens with zero attached hydrogens (tertiary/aromatic N) is 1. The maximum absolute atomic E-state index is 12.4. The molecule has 0 fully saturated rings. The molecule has 26 heavy (non-hydrogen) atoms. The fourth-order valence-electron chi connectivity index (χ4n) is 2.56. The number of benzene rings is 3. The van der Waals surface area contributed by atoms with E-state index < -0.39 is 0 Å². The van der Waals surface area contributed by atoms with Crippen LogP contribution in [0.1, 0.15) is 10.4 Å². The molecule has 1 aromatic heterocycles. The van der Waals surface area contributed by atoms with Crippen LogP contribution in [0.4, 0.5) is 5.69 Å². The summed E-state index contributed by atoms with van der Waals surface area (Å²) in [6, 6.07) is 20.1. The second-order valence-electron chi connectivity index (χ2n) is 5.64. The van der Waals surface area contributed by atoms with Gasteiger partial charge in [0.25, 0.3) is 5.91 Å². The Morgan fingerprint density at radius 3 is 2.58 bits per heavy atom. The van der Waals surface area contributed by atoms with Gasteiger partial charge in [0, 0.05) is 14.8 Å². The number of carbonyl (C=O) groups is 1. The van der Waals surface area contributed by atoms with Gasteiger partial charge < -0.3 is 9.73 Å². The first-order valence-electron chi connectivity index (χ1n) is 7.82. The fraction of sp³-hybridized carbons (Fsp3) is 0. The van der Waals surface area contributed by atoms with E-state index in [1.807, 2.05) is 30.3 Å². The van der Waals surface area contributed by atoms with Gasteiger partial charge in [-0.1, -0.05) is 23.7 Å². The Kier molecular flexibility index (Phi) is 4.65. The molecule has 128 valence electrons. The Morgan fingerprint density at radius 1 is 1.04 bits per heavy atom. The first-order chi connectivity index (χ1) is 12.6. The van der Waals surface area contributed by atoms with E-state index in [9.17, 15) is 4.79 Å². The quantitative estimate of drug-likeness (QED) is 0.370. The lowest BCUT2D eigenvalue weighted by Crippen LogP contribution is -2.11. The van der Waals surface area contributed by atoms with Gasteiger partial charge >= 0.3 is 0 Å². The van der Waals surface area contributed by atoms with Crippen molar-refractivity contribution in [2.45, 2.75) is 0 Å². The highest BCUT2D eigenvalue weighted by Crippen LogP contribution is 2.30. The molecule has 0 aliphatic carbocycles. The van der Waals surface area contributed by atoms with Gasteiger partial charge in [0.1, 0.15) is 5.52 Å². The van der Waals surface area contributed by atoms with Crippen molar-refractivity contribution in [2.24, 2.45) is 0 Å².